The molecule has 27 heavy (non-hydrogen) atoms. The molecule has 0 saturated heterocycles. The molecule has 0 spiro atoms. The van der Waals surface area contributed by atoms with Gasteiger partial charge in [0.1, 0.15) is 11.4 Å². The molecule has 0 atom stereocenters. The predicted molar refractivity (Wildman–Crippen MR) is 98.9 cm³/mol. The van der Waals surface area contributed by atoms with Crippen LogP contribution < -0.4 is 15.4 Å². The summed E-state index contributed by atoms with van der Waals surface area (Å²) in [6, 6.07) is 4.83. The minimum atomic E-state index is -0.257. The Morgan fingerprint density at radius 2 is 1.81 bits per heavy atom. The zero-order valence-electron chi connectivity index (χ0n) is 14.2. The summed E-state index contributed by atoms with van der Waals surface area (Å²) in [6.45, 7) is -0.112. The Morgan fingerprint density at radius 1 is 1.07 bits per heavy atom. The van der Waals surface area contributed by atoms with Gasteiger partial charge in [-0.15, -0.1) is 0 Å². The van der Waals surface area contributed by atoms with E-state index < -0.39 is 0 Å². The summed E-state index contributed by atoms with van der Waals surface area (Å²) in [4.78, 5) is 32.2. The molecule has 5 rings (SSSR count). The van der Waals surface area contributed by atoms with Gasteiger partial charge in [-0.2, -0.15) is 0 Å². The Morgan fingerprint density at radius 3 is 2.48 bits per heavy atom. The van der Waals surface area contributed by atoms with Gasteiger partial charge in [0.25, 0.3) is 11.8 Å². The molecule has 9 heteroatoms. The number of carbonyl (C=O) groups excluding carboxylic acids is 2. The summed E-state index contributed by atoms with van der Waals surface area (Å²) in [7, 11) is 0. The van der Waals surface area contributed by atoms with Crippen molar-refractivity contribution in [3.63, 3.8) is 0 Å². The number of benzene rings is 1. The number of ether oxygens (including phenoxy) is 1. The summed E-state index contributed by atoms with van der Waals surface area (Å²) >= 11 is 11.8. The number of hydrogen-bond acceptors (Lipinski definition) is 5. The van der Waals surface area contributed by atoms with Crippen LogP contribution in [-0.4, -0.2) is 39.5 Å². The van der Waals surface area contributed by atoms with Crippen molar-refractivity contribution in [1.82, 2.24) is 20.6 Å². The molecule has 2 N–H and O–H groups in total. The molecule has 7 nitrogen and oxygen atoms in total. The third kappa shape index (κ3) is 3.57. The van der Waals surface area contributed by atoms with Gasteiger partial charge in [-0.05, 0) is 31.4 Å². The molecule has 3 fully saturated rings. The average molecular weight is 407 g/mol. The molecule has 3 saturated carbocycles. The number of halogens is 2. The fraction of sp³-hybridized carbons (Fsp3) is 0.333. The van der Waals surface area contributed by atoms with Crippen molar-refractivity contribution >= 4 is 35.0 Å². The Balaban J connectivity index is 1.24. The molecule has 1 aromatic carbocycles. The SMILES string of the molecule is O=C(COc1ccc(Cl)c(Cl)c1)NC12CC(NC(=O)c3cnccn3)(C1)C2. The van der Waals surface area contributed by atoms with Crippen LogP contribution in [0.15, 0.2) is 36.8 Å². The maximum absolute atomic E-state index is 12.2. The number of rotatable bonds is 6. The van der Waals surface area contributed by atoms with Crippen molar-refractivity contribution in [1.29, 1.82) is 0 Å². The van der Waals surface area contributed by atoms with Gasteiger partial charge in [-0.25, -0.2) is 4.98 Å². The van der Waals surface area contributed by atoms with Gasteiger partial charge in [0, 0.05) is 29.5 Å². The third-order valence-corrected chi connectivity index (χ3v) is 5.61. The van der Waals surface area contributed by atoms with E-state index in [0.717, 1.165) is 0 Å². The lowest BCUT2D eigenvalue weighted by atomic mass is 9.44. The molecule has 0 aliphatic heterocycles. The highest BCUT2D eigenvalue weighted by molar-refractivity contribution is 6.42. The lowest BCUT2D eigenvalue weighted by Crippen LogP contribution is -2.84. The first kappa shape index (κ1) is 18.0. The minimum absolute atomic E-state index is 0.112. The molecule has 0 radical (unpaired) electrons. The second-order valence-corrected chi connectivity index (χ2v) is 7.86. The highest BCUT2D eigenvalue weighted by Crippen LogP contribution is 2.60. The van der Waals surface area contributed by atoms with E-state index in [4.69, 9.17) is 27.9 Å². The van der Waals surface area contributed by atoms with Crippen LogP contribution in [-0.2, 0) is 4.79 Å². The summed E-state index contributed by atoms with van der Waals surface area (Å²) in [5.41, 5.74) is -0.226. The monoisotopic (exact) mass is 406 g/mol. The summed E-state index contributed by atoms with van der Waals surface area (Å²) < 4.78 is 5.44. The molecule has 2 bridgehead atoms. The molecule has 3 aliphatic rings. The maximum atomic E-state index is 12.2. The van der Waals surface area contributed by atoms with E-state index >= 15 is 0 Å². The fourth-order valence-corrected chi connectivity index (χ4v) is 4.11. The fourth-order valence-electron chi connectivity index (χ4n) is 3.82. The Kier molecular flexibility index (Phi) is 4.44. The Bertz CT molecular complexity index is 887. The van der Waals surface area contributed by atoms with Gasteiger partial charge in [0.05, 0.1) is 16.2 Å². The van der Waals surface area contributed by atoms with Gasteiger partial charge >= 0.3 is 0 Å². The summed E-state index contributed by atoms with van der Waals surface area (Å²) in [6.07, 6.45) is 6.52. The molecule has 2 amide bonds. The molecule has 0 unspecified atom stereocenters. The van der Waals surface area contributed by atoms with Crippen LogP contribution >= 0.6 is 23.2 Å². The van der Waals surface area contributed by atoms with Crippen LogP contribution in [0.3, 0.4) is 0 Å². The van der Waals surface area contributed by atoms with E-state index in [1.54, 1.807) is 18.2 Å². The van der Waals surface area contributed by atoms with E-state index in [-0.39, 0.29) is 35.2 Å². The molecular formula is C18H16Cl2N4O3. The number of aromatic nitrogens is 2. The first-order valence-electron chi connectivity index (χ1n) is 8.36. The van der Waals surface area contributed by atoms with Crippen LogP contribution in [0, 0.1) is 0 Å². The third-order valence-electron chi connectivity index (χ3n) is 4.87. The first-order valence-corrected chi connectivity index (χ1v) is 9.12. The number of amides is 2. The van der Waals surface area contributed by atoms with Gasteiger partial charge < -0.3 is 15.4 Å². The van der Waals surface area contributed by atoms with Crippen LogP contribution in [0.2, 0.25) is 10.0 Å². The van der Waals surface area contributed by atoms with E-state index in [1.807, 2.05) is 0 Å². The quantitative estimate of drug-likeness (QED) is 0.767. The standard InChI is InChI=1S/C18H16Cl2N4O3/c19-12-2-1-11(5-13(12)20)27-7-15(25)23-17-8-18(9-17,10-17)24-16(26)14-6-21-3-4-22-14/h1-6H,7-10H2,(H,23,25)(H,24,26). The zero-order valence-corrected chi connectivity index (χ0v) is 15.7. The van der Waals surface area contributed by atoms with Crippen LogP contribution in [0.25, 0.3) is 0 Å². The first-order chi connectivity index (χ1) is 12.9. The highest BCUT2D eigenvalue weighted by Gasteiger charge is 2.69. The minimum Gasteiger partial charge on any atom is -0.484 e. The second-order valence-electron chi connectivity index (χ2n) is 7.05. The number of hydrogen-bond donors (Lipinski definition) is 2. The zero-order chi connectivity index (χ0) is 19.1. The van der Waals surface area contributed by atoms with Gasteiger partial charge in [0.2, 0.25) is 0 Å². The highest BCUT2D eigenvalue weighted by atomic mass is 35.5. The molecular weight excluding hydrogens is 391 g/mol. The second kappa shape index (κ2) is 6.65. The van der Waals surface area contributed by atoms with E-state index in [1.165, 1.54) is 18.6 Å². The van der Waals surface area contributed by atoms with Crippen molar-refractivity contribution in [2.45, 2.75) is 30.3 Å². The normalized spacial score (nSPS) is 25.0. The van der Waals surface area contributed by atoms with Crippen LogP contribution in [0.5, 0.6) is 5.75 Å². The molecule has 2 aromatic rings. The van der Waals surface area contributed by atoms with E-state index in [9.17, 15) is 9.59 Å². The maximum Gasteiger partial charge on any atom is 0.271 e. The topological polar surface area (TPSA) is 93.2 Å². The van der Waals surface area contributed by atoms with Crippen LogP contribution in [0.4, 0.5) is 0 Å². The van der Waals surface area contributed by atoms with E-state index in [0.29, 0.717) is 35.1 Å². The van der Waals surface area contributed by atoms with E-state index in [2.05, 4.69) is 20.6 Å². The molecule has 1 aromatic heterocycles. The van der Waals surface area contributed by atoms with Gasteiger partial charge in [-0.3, -0.25) is 14.6 Å². The molecule has 140 valence electrons. The van der Waals surface area contributed by atoms with Crippen molar-refractivity contribution in [3.8, 4) is 5.75 Å². The van der Waals surface area contributed by atoms with Crippen molar-refractivity contribution in [3.05, 3.63) is 52.5 Å². The Labute approximate surface area is 165 Å². The van der Waals surface area contributed by atoms with Crippen LogP contribution in [0.1, 0.15) is 29.8 Å². The molecule has 1 heterocycles. The van der Waals surface area contributed by atoms with Crippen molar-refractivity contribution < 1.29 is 14.3 Å². The average Bonchev–Trinajstić information content (AvgIpc) is 2.60. The lowest BCUT2D eigenvalue weighted by Gasteiger charge is -2.70. The molecule has 3 aliphatic carbocycles. The van der Waals surface area contributed by atoms with Crippen molar-refractivity contribution in [2.75, 3.05) is 6.61 Å². The van der Waals surface area contributed by atoms with Gasteiger partial charge in [0.15, 0.2) is 6.61 Å². The largest absolute Gasteiger partial charge is 0.484 e. The van der Waals surface area contributed by atoms with Crippen molar-refractivity contribution in [2.24, 2.45) is 0 Å². The smallest absolute Gasteiger partial charge is 0.271 e. The number of carbonyl (C=O) groups is 2. The lowest BCUT2D eigenvalue weighted by molar-refractivity contribution is -0.141. The summed E-state index contributed by atoms with van der Waals surface area (Å²) in [5.74, 6) is 0.0187. The Hall–Kier alpha value is -2.38. The number of nitrogens with one attached hydrogen (secondary N) is 2. The van der Waals surface area contributed by atoms with Gasteiger partial charge in [-0.1, -0.05) is 23.2 Å². The number of nitrogens with zero attached hydrogens (tertiary/aromatic N) is 2. The summed E-state index contributed by atoms with van der Waals surface area (Å²) in [5, 5.41) is 6.78. The predicted octanol–water partition coefficient (Wildman–Crippen LogP) is 2.38.